The van der Waals surface area contributed by atoms with Gasteiger partial charge in [0, 0.05) is 28.7 Å². The third kappa shape index (κ3) is 3.90. The van der Waals surface area contributed by atoms with Gasteiger partial charge < -0.3 is 0 Å². The molecule has 0 bridgehead atoms. The Hall–Kier alpha value is -0.780. The fourth-order valence-corrected chi connectivity index (χ4v) is 3.03. The molecule has 3 N–H and O–H groups in total. The van der Waals surface area contributed by atoms with Crippen molar-refractivity contribution in [3.05, 3.63) is 50.2 Å². The first-order valence-corrected chi connectivity index (χ1v) is 7.63. The van der Waals surface area contributed by atoms with Gasteiger partial charge in [-0.15, -0.1) is 0 Å². The lowest BCUT2D eigenvalue weighted by Gasteiger charge is -2.17. The summed E-state index contributed by atoms with van der Waals surface area (Å²) in [4.78, 5) is 0. The van der Waals surface area contributed by atoms with E-state index in [1.54, 1.807) is 10.7 Å². The molecule has 1 atom stereocenters. The maximum atomic E-state index is 6.26. The molecule has 1 unspecified atom stereocenters. The van der Waals surface area contributed by atoms with Crippen LogP contribution < -0.4 is 11.3 Å². The van der Waals surface area contributed by atoms with E-state index in [0.29, 0.717) is 28.0 Å². The highest BCUT2D eigenvalue weighted by molar-refractivity contribution is 6.35. The van der Waals surface area contributed by atoms with Crippen LogP contribution in [0.15, 0.2) is 18.2 Å². The van der Waals surface area contributed by atoms with Crippen molar-refractivity contribution in [2.75, 3.05) is 0 Å². The summed E-state index contributed by atoms with van der Waals surface area (Å²) >= 11 is 18.4. The summed E-state index contributed by atoms with van der Waals surface area (Å²) in [6, 6.07) is 5.46. The zero-order valence-corrected chi connectivity index (χ0v) is 14.1. The van der Waals surface area contributed by atoms with Gasteiger partial charge in [-0.3, -0.25) is 16.0 Å². The Bertz CT molecular complexity index is 639. The number of nitrogens with two attached hydrogens (primary N) is 1. The monoisotopic (exact) mass is 346 g/mol. The van der Waals surface area contributed by atoms with Crippen LogP contribution >= 0.6 is 34.8 Å². The van der Waals surface area contributed by atoms with Gasteiger partial charge in [-0.25, -0.2) is 0 Å². The summed E-state index contributed by atoms with van der Waals surface area (Å²) in [6.07, 6.45) is 1.35. The molecule has 0 aliphatic rings. The molecule has 21 heavy (non-hydrogen) atoms. The van der Waals surface area contributed by atoms with E-state index in [0.717, 1.165) is 16.8 Å². The maximum absolute atomic E-state index is 6.26. The van der Waals surface area contributed by atoms with Crippen molar-refractivity contribution < 1.29 is 0 Å². The molecule has 0 fully saturated rings. The maximum Gasteiger partial charge on any atom is 0.130 e. The third-order valence-electron chi connectivity index (χ3n) is 3.44. The van der Waals surface area contributed by atoms with E-state index in [2.05, 4.69) is 10.5 Å². The molecule has 0 saturated carbocycles. The highest BCUT2D eigenvalue weighted by atomic mass is 35.5. The van der Waals surface area contributed by atoms with E-state index in [1.165, 1.54) is 0 Å². The quantitative estimate of drug-likeness (QED) is 0.644. The molecule has 1 aromatic heterocycles. The number of nitrogens with one attached hydrogen (secondary N) is 1. The van der Waals surface area contributed by atoms with Gasteiger partial charge in [0.2, 0.25) is 0 Å². The number of rotatable bonds is 5. The molecule has 0 aliphatic heterocycles. The van der Waals surface area contributed by atoms with Gasteiger partial charge >= 0.3 is 0 Å². The van der Waals surface area contributed by atoms with Crippen LogP contribution in [0, 0.1) is 6.92 Å². The van der Waals surface area contributed by atoms with Crippen LogP contribution in [0.1, 0.15) is 16.8 Å². The number of halogens is 3. The van der Waals surface area contributed by atoms with Crippen LogP contribution in [0.5, 0.6) is 0 Å². The van der Waals surface area contributed by atoms with Crippen LogP contribution in [-0.2, 0) is 19.9 Å². The van der Waals surface area contributed by atoms with E-state index in [-0.39, 0.29) is 6.04 Å². The minimum Gasteiger partial charge on any atom is -0.271 e. The van der Waals surface area contributed by atoms with Crippen molar-refractivity contribution in [3.8, 4) is 0 Å². The van der Waals surface area contributed by atoms with E-state index in [4.69, 9.17) is 40.6 Å². The summed E-state index contributed by atoms with van der Waals surface area (Å²) in [5.41, 5.74) is 5.71. The van der Waals surface area contributed by atoms with Gasteiger partial charge in [0.1, 0.15) is 5.15 Å². The second-order valence-electron chi connectivity index (χ2n) is 4.99. The van der Waals surface area contributed by atoms with Gasteiger partial charge in [-0.1, -0.05) is 40.9 Å². The Morgan fingerprint density at radius 2 is 2.00 bits per heavy atom. The summed E-state index contributed by atoms with van der Waals surface area (Å²) < 4.78 is 1.66. The van der Waals surface area contributed by atoms with Crippen LogP contribution in [0.2, 0.25) is 15.2 Å². The predicted molar refractivity (Wildman–Crippen MR) is 87.9 cm³/mol. The lowest BCUT2D eigenvalue weighted by molar-refractivity contribution is 0.521. The predicted octanol–water partition coefficient (Wildman–Crippen LogP) is 3.31. The van der Waals surface area contributed by atoms with E-state index < -0.39 is 0 Å². The zero-order valence-electron chi connectivity index (χ0n) is 11.8. The first-order chi connectivity index (χ1) is 9.92. The van der Waals surface area contributed by atoms with E-state index in [1.807, 2.05) is 26.1 Å². The van der Waals surface area contributed by atoms with Crippen molar-refractivity contribution in [3.63, 3.8) is 0 Å². The lowest BCUT2D eigenvalue weighted by atomic mass is 10.00. The van der Waals surface area contributed by atoms with E-state index >= 15 is 0 Å². The SMILES string of the molecule is Cc1nn(C)c(Cl)c1CC(Cc1ccc(Cl)cc1Cl)NN. The highest BCUT2D eigenvalue weighted by Crippen LogP contribution is 2.25. The smallest absolute Gasteiger partial charge is 0.130 e. The standard InChI is InChI=1S/C14H17Cl3N4/c1-8-12(14(17)21(2)20-8)7-11(19-18)5-9-3-4-10(15)6-13(9)16/h3-4,6,11,19H,5,7,18H2,1-2H3. The Morgan fingerprint density at radius 1 is 1.29 bits per heavy atom. The summed E-state index contributed by atoms with van der Waals surface area (Å²) in [7, 11) is 1.82. The fraction of sp³-hybridized carbons (Fsp3) is 0.357. The average molecular weight is 348 g/mol. The summed E-state index contributed by atoms with van der Waals surface area (Å²) in [5, 5.41) is 6.19. The van der Waals surface area contributed by atoms with Crippen LogP contribution in [-0.4, -0.2) is 15.8 Å². The van der Waals surface area contributed by atoms with Crippen molar-refractivity contribution in [2.45, 2.75) is 25.8 Å². The van der Waals surface area contributed by atoms with Gasteiger partial charge in [0.15, 0.2) is 0 Å². The summed E-state index contributed by atoms with van der Waals surface area (Å²) in [5.74, 6) is 5.67. The molecular weight excluding hydrogens is 331 g/mol. The van der Waals surface area contributed by atoms with Crippen molar-refractivity contribution in [1.82, 2.24) is 15.2 Å². The van der Waals surface area contributed by atoms with Crippen molar-refractivity contribution in [1.29, 1.82) is 0 Å². The molecule has 0 spiro atoms. The normalized spacial score (nSPS) is 12.7. The Morgan fingerprint density at radius 3 is 2.52 bits per heavy atom. The molecule has 0 aliphatic carbocycles. The second-order valence-corrected chi connectivity index (χ2v) is 6.19. The molecule has 0 saturated heterocycles. The average Bonchev–Trinajstić information content (AvgIpc) is 2.67. The molecule has 1 heterocycles. The van der Waals surface area contributed by atoms with Gasteiger partial charge in [-0.05, 0) is 37.5 Å². The molecule has 1 aromatic carbocycles. The number of hydrogen-bond donors (Lipinski definition) is 2. The number of aromatic nitrogens is 2. The Balaban J connectivity index is 2.17. The molecule has 7 heteroatoms. The fourth-order valence-electron chi connectivity index (χ4n) is 2.29. The van der Waals surface area contributed by atoms with Crippen molar-refractivity contribution in [2.24, 2.45) is 12.9 Å². The third-order valence-corrected chi connectivity index (χ3v) is 4.50. The molecule has 2 rings (SSSR count). The molecular formula is C14H17Cl3N4. The van der Waals surface area contributed by atoms with Crippen molar-refractivity contribution >= 4 is 34.8 Å². The van der Waals surface area contributed by atoms with E-state index in [9.17, 15) is 0 Å². The number of hydrazine groups is 1. The van der Waals surface area contributed by atoms with Gasteiger partial charge in [-0.2, -0.15) is 5.10 Å². The Labute approximate surface area is 139 Å². The minimum atomic E-state index is 0.00377. The Kier molecular flexibility index (Phi) is 5.52. The first-order valence-electron chi connectivity index (χ1n) is 6.50. The lowest BCUT2D eigenvalue weighted by Crippen LogP contribution is -2.38. The van der Waals surface area contributed by atoms with Gasteiger partial charge in [0.25, 0.3) is 0 Å². The number of hydrogen-bond acceptors (Lipinski definition) is 3. The number of aryl methyl sites for hydroxylation is 2. The molecule has 0 radical (unpaired) electrons. The zero-order chi connectivity index (χ0) is 15.6. The summed E-state index contributed by atoms with van der Waals surface area (Å²) in [6.45, 7) is 1.93. The molecule has 4 nitrogen and oxygen atoms in total. The van der Waals surface area contributed by atoms with Crippen LogP contribution in [0.25, 0.3) is 0 Å². The minimum absolute atomic E-state index is 0.00377. The number of nitrogens with zero attached hydrogens (tertiary/aromatic N) is 2. The molecule has 2 aromatic rings. The highest BCUT2D eigenvalue weighted by Gasteiger charge is 2.17. The number of benzene rings is 1. The first kappa shape index (κ1) is 16.6. The largest absolute Gasteiger partial charge is 0.271 e. The molecule has 0 amide bonds. The van der Waals surface area contributed by atoms with Crippen LogP contribution in [0.3, 0.4) is 0 Å². The topological polar surface area (TPSA) is 55.9 Å². The second kappa shape index (κ2) is 6.99. The van der Waals surface area contributed by atoms with Gasteiger partial charge in [0.05, 0.1) is 5.69 Å². The molecule has 114 valence electrons. The van der Waals surface area contributed by atoms with Crippen LogP contribution in [0.4, 0.5) is 0 Å².